The number of ether oxygens (including phenoxy) is 2. The third kappa shape index (κ3) is 6.36. The third-order valence-electron chi connectivity index (χ3n) is 4.68. The van der Waals surface area contributed by atoms with Crippen LogP contribution in [0.1, 0.15) is 23.7 Å². The summed E-state index contributed by atoms with van der Waals surface area (Å²) in [4.78, 5) is 49.1. The Kier molecular flexibility index (Phi) is 8.13. The molecule has 2 aromatic carbocycles. The van der Waals surface area contributed by atoms with Crippen LogP contribution in [0.4, 0.5) is 5.69 Å². The molecule has 0 bridgehead atoms. The van der Waals surface area contributed by atoms with Gasteiger partial charge in [0.25, 0.3) is 11.8 Å². The molecule has 0 saturated carbocycles. The van der Waals surface area contributed by atoms with Gasteiger partial charge in [-0.05, 0) is 37.3 Å². The summed E-state index contributed by atoms with van der Waals surface area (Å²) in [5.74, 6) is -2.64. The van der Waals surface area contributed by atoms with Crippen LogP contribution in [-0.2, 0) is 19.1 Å². The summed E-state index contributed by atoms with van der Waals surface area (Å²) < 4.78 is 10.5. The van der Waals surface area contributed by atoms with Crippen LogP contribution in [0.5, 0.6) is 5.75 Å². The van der Waals surface area contributed by atoms with Gasteiger partial charge in [0.15, 0.2) is 6.61 Å². The molecule has 0 radical (unpaired) electrons. The third-order valence-corrected chi connectivity index (χ3v) is 5.42. The minimum atomic E-state index is -0.824. The lowest BCUT2D eigenvalue weighted by Gasteiger charge is -2.17. The molecule has 2 aromatic rings. The van der Waals surface area contributed by atoms with Crippen molar-refractivity contribution in [1.29, 1.82) is 0 Å². The molecule has 3 rings (SSSR count). The van der Waals surface area contributed by atoms with E-state index in [4.69, 9.17) is 32.7 Å². The van der Waals surface area contributed by atoms with E-state index in [2.05, 4.69) is 10.7 Å². The highest BCUT2D eigenvalue weighted by molar-refractivity contribution is 6.42. The van der Waals surface area contributed by atoms with Gasteiger partial charge in [-0.15, -0.1) is 0 Å². The van der Waals surface area contributed by atoms with Gasteiger partial charge in [-0.2, -0.15) is 0 Å². The lowest BCUT2D eigenvalue weighted by Crippen LogP contribution is -2.43. The zero-order valence-corrected chi connectivity index (χ0v) is 19.1. The molecular formula is C22H21Cl2N3O6. The number of hydrogen-bond donors (Lipinski definition) is 2. The molecule has 174 valence electrons. The highest BCUT2D eigenvalue weighted by Crippen LogP contribution is 2.24. The maximum absolute atomic E-state index is 12.4. The predicted molar refractivity (Wildman–Crippen MR) is 121 cm³/mol. The Morgan fingerprint density at radius 2 is 1.88 bits per heavy atom. The van der Waals surface area contributed by atoms with Gasteiger partial charge in [-0.25, -0.2) is 0 Å². The Morgan fingerprint density at radius 3 is 2.61 bits per heavy atom. The number of benzene rings is 2. The Labute approximate surface area is 199 Å². The molecule has 1 saturated heterocycles. The number of esters is 1. The number of carbonyl (C=O) groups excluding carboxylic acids is 4. The summed E-state index contributed by atoms with van der Waals surface area (Å²) >= 11 is 11.7. The molecule has 2 N–H and O–H groups in total. The quantitative estimate of drug-likeness (QED) is 0.546. The van der Waals surface area contributed by atoms with Gasteiger partial charge in [0.1, 0.15) is 5.75 Å². The molecule has 33 heavy (non-hydrogen) atoms. The number of rotatable bonds is 8. The molecule has 1 fully saturated rings. The zero-order valence-electron chi connectivity index (χ0n) is 17.6. The van der Waals surface area contributed by atoms with E-state index in [1.54, 1.807) is 24.3 Å². The van der Waals surface area contributed by atoms with Crippen molar-refractivity contribution < 1.29 is 28.7 Å². The number of halogens is 2. The summed E-state index contributed by atoms with van der Waals surface area (Å²) in [6.45, 7) is 1.63. The Hall–Kier alpha value is -3.30. The summed E-state index contributed by atoms with van der Waals surface area (Å²) in [6, 6.07) is 11.2. The van der Waals surface area contributed by atoms with E-state index in [1.807, 2.05) is 6.92 Å². The van der Waals surface area contributed by atoms with Crippen molar-refractivity contribution in [1.82, 2.24) is 10.4 Å². The Morgan fingerprint density at radius 1 is 1.12 bits per heavy atom. The van der Waals surface area contributed by atoms with Crippen LogP contribution in [-0.4, -0.2) is 48.5 Å². The molecule has 3 amide bonds. The first kappa shape index (κ1) is 24.3. The first-order chi connectivity index (χ1) is 15.8. The van der Waals surface area contributed by atoms with Gasteiger partial charge < -0.3 is 14.8 Å². The lowest BCUT2D eigenvalue weighted by molar-refractivity contribution is -0.151. The van der Waals surface area contributed by atoms with Crippen LogP contribution in [0, 0.1) is 5.92 Å². The van der Waals surface area contributed by atoms with Crippen LogP contribution in [0.15, 0.2) is 42.5 Å². The molecular weight excluding hydrogens is 473 g/mol. The summed E-state index contributed by atoms with van der Waals surface area (Å²) in [6.07, 6.45) is -0.157. The smallest absolute Gasteiger partial charge is 0.311 e. The second-order valence-corrected chi connectivity index (χ2v) is 7.87. The van der Waals surface area contributed by atoms with E-state index in [0.29, 0.717) is 23.1 Å². The van der Waals surface area contributed by atoms with Gasteiger partial charge in [0.05, 0.1) is 34.8 Å². The van der Waals surface area contributed by atoms with E-state index >= 15 is 0 Å². The molecule has 0 aliphatic carbocycles. The largest absolute Gasteiger partial charge is 0.492 e. The van der Waals surface area contributed by atoms with Gasteiger partial charge in [-0.3, -0.25) is 29.6 Å². The number of anilines is 1. The number of carbonyl (C=O) groups is 4. The minimum absolute atomic E-state index is 0.0838. The van der Waals surface area contributed by atoms with Gasteiger partial charge in [-0.1, -0.05) is 35.3 Å². The molecule has 11 heteroatoms. The minimum Gasteiger partial charge on any atom is -0.492 e. The van der Waals surface area contributed by atoms with E-state index in [0.717, 1.165) is 5.01 Å². The average molecular weight is 494 g/mol. The van der Waals surface area contributed by atoms with Crippen molar-refractivity contribution in [2.24, 2.45) is 5.92 Å². The first-order valence-corrected chi connectivity index (χ1v) is 10.8. The van der Waals surface area contributed by atoms with Crippen LogP contribution in [0.2, 0.25) is 10.0 Å². The lowest BCUT2D eigenvalue weighted by atomic mass is 10.1. The van der Waals surface area contributed by atoms with Crippen LogP contribution in [0.25, 0.3) is 0 Å². The summed E-state index contributed by atoms with van der Waals surface area (Å²) in [5, 5.41) is 4.14. The first-order valence-electron chi connectivity index (χ1n) is 10.0. The van der Waals surface area contributed by atoms with Gasteiger partial charge in [0, 0.05) is 12.0 Å². The molecule has 1 atom stereocenters. The van der Waals surface area contributed by atoms with Crippen molar-refractivity contribution in [3.8, 4) is 5.75 Å². The molecule has 9 nitrogen and oxygen atoms in total. The topological polar surface area (TPSA) is 114 Å². The fourth-order valence-electron chi connectivity index (χ4n) is 3.09. The number of hydrogen-bond acceptors (Lipinski definition) is 6. The predicted octanol–water partition coefficient (Wildman–Crippen LogP) is 3.07. The van der Waals surface area contributed by atoms with Crippen molar-refractivity contribution >= 4 is 52.6 Å². The second kappa shape index (κ2) is 11.0. The fourth-order valence-corrected chi connectivity index (χ4v) is 3.39. The average Bonchev–Trinajstić information content (AvgIpc) is 3.15. The van der Waals surface area contributed by atoms with Crippen LogP contribution < -0.4 is 15.5 Å². The number of hydrazine groups is 1. The van der Waals surface area contributed by atoms with Crippen LogP contribution in [0.3, 0.4) is 0 Å². The Bertz CT molecular complexity index is 1080. The maximum atomic E-state index is 12.4. The van der Waals surface area contributed by atoms with Crippen LogP contribution >= 0.6 is 23.2 Å². The highest BCUT2D eigenvalue weighted by atomic mass is 35.5. The SMILES string of the molecule is CCOc1ccccc1NC(=O)COC(=O)[C@@H]1CC(=O)N(NC(=O)c2ccc(Cl)c(Cl)c2)C1. The molecule has 0 unspecified atom stereocenters. The number of nitrogens with zero attached hydrogens (tertiary/aromatic N) is 1. The number of nitrogens with one attached hydrogen (secondary N) is 2. The molecule has 1 heterocycles. The van der Waals surface area contributed by atoms with Crippen molar-refractivity contribution in [3.63, 3.8) is 0 Å². The molecule has 1 aliphatic rings. The molecule has 1 aliphatic heterocycles. The van der Waals surface area contributed by atoms with E-state index in [1.165, 1.54) is 18.2 Å². The van der Waals surface area contributed by atoms with Crippen molar-refractivity contribution in [3.05, 3.63) is 58.1 Å². The van der Waals surface area contributed by atoms with E-state index in [-0.39, 0.29) is 23.6 Å². The molecule has 0 aromatic heterocycles. The van der Waals surface area contributed by atoms with E-state index in [9.17, 15) is 19.2 Å². The fraction of sp³-hybridized carbons (Fsp3) is 0.273. The number of amides is 3. The van der Waals surface area contributed by atoms with Gasteiger partial charge in [0.2, 0.25) is 5.91 Å². The summed E-state index contributed by atoms with van der Waals surface area (Å²) in [7, 11) is 0. The zero-order chi connectivity index (χ0) is 24.0. The Balaban J connectivity index is 1.50. The number of para-hydroxylation sites is 2. The highest BCUT2D eigenvalue weighted by Gasteiger charge is 2.36. The summed E-state index contributed by atoms with van der Waals surface area (Å²) in [5.41, 5.74) is 3.09. The van der Waals surface area contributed by atoms with Gasteiger partial charge >= 0.3 is 5.97 Å². The van der Waals surface area contributed by atoms with Crippen molar-refractivity contribution in [2.75, 3.05) is 25.1 Å². The maximum Gasteiger partial charge on any atom is 0.311 e. The monoisotopic (exact) mass is 493 g/mol. The normalized spacial score (nSPS) is 15.2. The molecule has 0 spiro atoms. The van der Waals surface area contributed by atoms with Crippen molar-refractivity contribution in [2.45, 2.75) is 13.3 Å². The standard InChI is InChI=1S/C22H21Cl2N3O6/c1-2-32-18-6-4-3-5-17(18)25-19(28)12-33-22(31)14-10-20(29)27(11-14)26-21(30)13-7-8-15(23)16(24)9-13/h3-9,14H,2,10-12H2,1H3,(H,25,28)(H,26,30)/t14-/m1/s1. The van der Waals surface area contributed by atoms with E-state index < -0.39 is 36.2 Å². The second-order valence-electron chi connectivity index (χ2n) is 7.06.